The highest BCUT2D eigenvalue weighted by Crippen LogP contribution is 2.25. The number of sulfonamides is 1. The lowest BCUT2D eigenvalue weighted by molar-refractivity contribution is 0.520. The largest absolute Gasteiger partial charge is 0.327 e. The first kappa shape index (κ1) is 24.6. The van der Waals surface area contributed by atoms with Gasteiger partial charge < -0.3 is 5.73 Å². The molecule has 1 heterocycles. The van der Waals surface area contributed by atoms with Crippen LogP contribution in [0.2, 0.25) is 5.02 Å². The van der Waals surface area contributed by atoms with Crippen LogP contribution >= 0.6 is 24.0 Å². The van der Waals surface area contributed by atoms with Crippen molar-refractivity contribution in [1.82, 2.24) is 14.1 Å². The zero-order valence-electron chi connectivity index (χ0n) is 16.2. The minimum absolute atomic E-state index is 0. The van der Waals surface area contributed by atoms with Crippen molar-refractivity contribution in [3.8, 4) is 0 Å². The Kier molecular flexibility index (Phi) is 8.64. The van der Waals surface area contributed by atoms with E-state index in [4.69, 9.17) is 17.3 Å². The SMILES string of the molecule is Cc1nn(Cc2ccc(S(=O)(=O)N(C)C)cc2Cl)c(C)c1C/C(F)=C/CN.Cl. The molecule has 156 valence electrons. The van der Waals surface area contributed by atoms with E-state index in [1.807, 2.05) is 13.8 Å². The molecule has 0 atom stereocenters. The van der Waals surface area contributed by atoms with Gasteiger partial charge in [-0.15, -0.1) is 12.4 Å². The summed E-state index contributed by atoms with van der Waals surface area (Å²) < 4.78 is 41.1. The van der Waals surface area contributed by atoms with E-state index in [0.29, 0.717) is 11.6 Å². The predicted molar refractivity (Wildman–Crippen MR) is 112 cm³/mol. The fourth-order valence-corrected chi connectivity index (χ4v) is 3.94. The lowest BCUT2D eigenvalue weighted by Crippen LogP contribution is -2.22. The number of benzene rings is 1. The van der Waals surface area contributed by atoms with E-state index in [1.54, 1.807) is 10.7 Å². The molecule has 0 bridgehead atoms. The average molecular weight is 451 g/mol. The molecule has 2 rings (SSSR count). The average Bonchev–Trinajstić information content (AvgIpc) is 2.84. The smallest absolute Gasteiger partial charge is 0.242 e. The molecule has 0 saturated heterocycles. The first-order chi connectivity index (χ1) is 12.6. The Hall–Kier alpha value is -1.45. The normalized spacial score (nSPS) is 12.4. The van der Waals surface area contributed by atoms with Gasteiger partial charge in [0, 0.05) is 43.3 Å². The maximum absolute atomic E-state index is 13.8. The zero-order chi connectivity index (χ0) is 20.4. The van der Waals surface area contributed by atoms with Crippen molar-refractivity contribution in [2.45, 2.75) is 31.7 Å². The molecule has 0 saturated carbocycles. The van der Waals surface area contributed by atoms with E-state index in [9.17, 15) is 12.8 Å². The molecule has 2 N–H and O–H groups in total. The number of allylic oxidation sites excluding steroid dienone is 1. The van der Waals surface area contributed by atoms with Crippen LogP contribution in [-0.4, -0.2) is 43.1 Å². The topological polar surface area (TPSA) is 81.2 Å². The summed E-state index contributed by atoms with van der Waals surface area (Å²) in [7, 11) is -0.620. The molecule has 6 nitrogen and oxygen atoms in total. The van der Waals surface area contributed by atoms with Crippen LogP contribution in [0.15, 0.2) is 35.0 Å². The van der Waals surface area contributed by atoms with Crippen molar-refractivity contribution in [2.75, 3.05) is 20.6 Å². The quantitative estimate of drug-likeness (QED) is 0.701. The van der Waals surface area contributed by atoms with Crippen molar-refractivity contribution >= 4 is 34.0 Å². The highest BCUT2D eigenvalue weighted by Gasteiger charge is 2.19. The summed E-state index contributed by atoms with van der Waals surface area (Å²) in [6.07, 6.45) is 1.49. The Bertz CT molecular complexity index is 972. The van der Waals surface area contributed by atoms with Crippen LogP contribution in [0, 0.1) is 13.8 Å². The molecule has 0 amide bonds. The van der Waals surface area contributed by atoms with Crippen LogP contribution in [-0.2, 0) is 23.0 Å². The fraction of sp³-hybridized carbons (Fsp3) is 0.389. The summed E-state index contributed by atoms with van der Waals surface area (Å²) in [6.45, 7) is 4.19. The van der Waals surface area contributed by atoms with Crippen molar-refractivity contribution < 1.29 is 12.8 Å². The van der Waals surface area contributed by atoms with Crippen LogP contribution in [0.1, 0.15) is 22.5 Å². The number of aromatic nitrogens is 2. The molecule has 0 aliphatic rings. The first-order valence-electron chi connectivity index (χ1n) is 8.36. The highest BCUT2D eigenvalue weighted by molar-refractivity contribution is 7.89. The van der Waals surface area contributed by atoms with Gasteiger partial charge in [0.15, 0.2) is 0 Å². The number of hydrogen-bond acceptors (Lipinski definition) is 4. The summed E-state index contributed by atoms with van der Waals surface area (Å²) in [5, 5.41) is 4.80. The fourth-order valence-electron chi connectivity index (χ4n) is 2.70. The van der Waals surface area contributed by atoms with E-state index in [2.05, 4.69) is 5.10 Å². The molecule has 1 aromatic carbocycles. The van der Waals surface area contributed by atoms with Crippen LogP contribution in [0.5, 0.6) is 0 Å². The van der Waals surface area contributed by atoms with Gasteiger partial charge in [-0.2, -0.15) is 5.10 Å². The maximum Gasteiger partial charge on any atom is 0.242 e. The summed E-state index contributed by atoms with van der Waals surface area (Å²) in [6, 6.07) is 4.62. The molecular formula is C18H25Cl2FN4O2S. The lowest BCUT2D eigenvalue weighted by atomic mass is 10.1. The molecule has 1 aromatic heterocycles. The van der Waals surface area contributed by atoms with E-state index in [1.165, 1.54) is 32.3 Å². The Balaban J connectivity index is 0.00000392. The van der Waals surface area contributed by atoms with Crippen LogP contribution < -0.4 is 5.73 Å². The minimum Gasteiger partial charge on any atom is -0.327 e. The molecule has 0 fully saturated rings. The van der Waals surface area contributed by atoms with E-state index < -0.39 is 10.0 Å². The summed E-state index contributed by atoms with van der Waals surface area (Å²) >= 11 is 6.31. The highest BCUT2D eigenvalue weighted by atomic mass is 35.5. The molecule has 0 unspecified atom stereocenters. The van der Waals surface area contributed by atoms with E-state index in [0.717, 1.165) is 26.8 Å². The molecule has 28 heavy (non-hydrogen) atoms. The van der Waals surface area contributed by atoms with Gasteiger partial charge in [-0.3, -0.25) is 4.68 Å². The van der Waals surface area contributed by atoms with Gasteiger partial charge in [0.2, 0.25) is 10.0 Å². The molecule has 0 aliphatic carbocycles. The maximum atomic E-state index is 13.8. The second-order valence-electron chi connectivity index (χ2n) is 6.41. The Morgan fingerprint density at radius 1 is 1.36 bits per heavy atom. The third-order valence-corrected chi connectivity index (χ3v) is 6.50. The number of nitrogens with two attached hydrogens (primary N) is 1. The number of halogens is 3. The van der Waals surface area contributed by atoms with E-state index >= 15 is 0 Å². The van der Waals surface area contributed by atoms with Gasteiger partial charge in [-0.05, 0) is 37.6 Å². The molecule has 0 radical (unpaired) electrons. The second-order valence-corrected chi connectivity index (χ2v) is 8.97. The molecule has 10 heteroatoms. The van der Waals surface area contributed by atoms with Crippen molar-refractivity contribution in [3.63, 3.8) is 0 Å². The molecule has 2 aromatic rings. The van der Waals surface area contributed by atoms with Crippen LogP contribution in [0.3, 0.4) is 0 Å². The lowest BCUT2D eigenvalue weighted by Gasteiger charge is -2.13. The summed E-state index contributed by atoms with van der Waals surface area (Å²) in [5.74, 6) is -0.292. The van der Waals surface area contributed by atoms with Gasteiger partial charge in [0.1, 0.15) is 5.83 Å². The van der Waals surface area contributed by atoms with Crippen molar-refractivity contribution in [1.29, 1.82) is 0 Å². The zero-order valence-corrected chi connectivity index (χ0v) is 18.6. The van der Waals surface area contributed by atoms with Gasteiger partial charge in [-0.25, -0.2) is 17.1 Å². The van der Waals surface area contributed by atoms with E-state index in [-0.39, 0.29) is 36.1 Å². The number of aryl methyl sites for hydroxylation is 1. The van der Waals surface area contributed by atoms with Gasteiger partial charge in [0.25, 0.3) is 0 Å². The molecule has 0 spiro atoms. The number of rotatable bonds is 7. The predicted octanol–water partition coefficient (Wildman–Crippen LogP) is 3.23. The van der Waals surface area contributed by atoms with Crippen molar-refractivity contribution in [3.05, 3.63) is 57.6 Å². The Morgan fingerprint density at radius 3 is 2.54 bits per heavy atom. The summed E-state index contributed by atoms with van der Waals surface area (Å²) in [5.41, 5.74) is 8.44. The minimum atomic E-state index is -3.55. The third-order valence-electron chi connectivity index (χ3n) is 4.34. The Labute approximate surface area is 176 Å². The molecular weight excluding hydrogens is 426 g/mol. The molecule has 0 aliphatic heterocycles. The number of hydrogen-bond donors (Lipinski definition) is 1. The van der Waals surface area contributed by atoms with Crippen LogP contribution in [0.4, 0.5) is 4.39 Å². The van der Waals surface area contributed by atoms with Crippen LogP contribution in [0.25, 0.3) is 0 Å². The van der Waals surface area contributed by atoms with Gasteiger partial charge >= 0.3 is 0 Å². The van der Waals surface area contributed by atoms with Gasteiger partial charge in [-0.1, -0.05) is 17.7 Å². The number of nitrogens with zero attached hydrogens (tertiary/aromatic N) is 3. The summed E-state index contributed by atoms with van der Waals surface area (Å²) in [4.78, 5) is 0.129. The third kappa shape index (κ3) is 5.33. The first-order valence-corrected chi connectivity index (χ1v) is 10.2. The standard InChI is InChI=1S/C18H24ClFN4O2S.ClH/c1-12-17(9-15(20)7-8-21)13(2)24(22-12)11-14-5-6-16(10-18(14)19)27(25,26)23(3)4;/h5-7,10H,8-9,11,21H2,1-4H3;1H/b15-7-;. The van der Waals surface area contributed by atoms with Gasteiger partial charge in [0.05, 0.1) is 17.1 Å². The van der Waals surface area contributed by atoms with Crippen molar-refractivity contribution in [2.24, 2.45) is 5.73 Å². The second kappa shape index (κ2) is 9.84. The Morgan fingerprint density at radius 2 is 2.00 bits per heavy atom. The monoisotopic (exact) mass is 450 g/mol.